The molecule has 35 heavy (non-hydrogen) atoms. The molecule has 4 rings (SSSR count). The number of aryl methyl sites for hydroxylation is 1. The van der Waals surface area contributed by atoms with Crippen LogP contribution in [0, 0.1) is 0 Å². The normalized spacial score (nSPS) is 10.8. The molecule has 1 N–H and O–H groups in total. The summed E-state index contributed by atoms with van der Waals surface area (Å²) in [6, 6.07) is 29.8. The number of rotatable bonds is 11. The highest BCUT2D eigenvalue weighted by Crippen LogP contribution is 2.27. The molecule has 1 heterocycles. The Hall–Kier alpha value is -4.26. The first-order valence-electron chi connectivity index (χ1n) is 11.6. The van der Waals surface area contributed by atoms with Crippen molar-refractivity contribution in [3.8, 4) is 11.4 Å². The van der Waals surface area contributed by atoms with Crippen LogP contribution in [-0.4, -0.2) is 35.2 Å². The smallest absolute Gasteiger partial charge is 0.306 e. The molecule has 0 atom stereocenters. The van der Waals surface area contributed by atoms with Gasteiger partial charge in [-0.25, -0.2) is 0 Å². The molecule has 0 spiro atoms. The van der Waals surface area contributed by atoms with Crippen molar-refractivity contribution in [2.75, 3.05) is 13.2 Å². The number of nitrogens with zero attached hydrogens (tertiary/aromatic N) is 2. The van der Waals surface area contributed by atoms with Gasteiger partial charge >= 0.3 is 5.97 Å². The summed E-state index contributed by atoms with van der Waals surface area (Å²) >= 11 is 0. The van der Waals surface area contributed by atoms with Crippen LogP contribution in [0.4, 0.5) is 0 Å². The van der Waals surface area contributed by atoms with Crippen LogP contribution < -0.4 is 5.32 Å². The zero-order chi connectivity index (χ0) is 24.3. The molecule has 0 aliphatic heterocycles. The van der Waals surface area contributed by atoms with Crippen molar-refractivity contribution in [2.24, 2.45) is 0 Å². The highest BCUT2D eigenvalue weighted by molar-refractivity contribution is 5.80. The molecule has 7 nitrogen and oxygen atoms in total. The van der Waals surface area contributed by atoms with Gasteiger partial charge < -0.3 is 14.6 Å². The Balaban J connectivity index is 1.19. The highest BCUT2D eigenvalue weighted by atomic mass is 16.5. The number of ether oxygens (including phenoxy) is 1. The highest BCUT2D eigenvalue weighted by Gasteiger charge is 2.15. The minimum atomic E-state index is -0.494. The molecule has 178 valence electrons. The van der Waals surface area contributed by atoms with Gasteiger partial charge in [0.2, 0.25) is 11.7 Å². The molecule has 0 bridgehead atoms. The number of esters is 1. The molecular formula is C28H27N3O4. The summed E-state index contributed by atoms with van der Waals surface area (Å²) in [7, 11) is 0. The summed E-state index contributed by atoms with van der Waals surface area (Å²) in [4.78, 5) is 28.6. The van der Waals surface area contributed by atoms with Gasteiger partial charge in [0.15, 0.2) is 6.61 Å². The van der Waals surface area contributed by atoms with Gasteiger partial charge in [0.05, 0.1) is 6.42 Å². The van der Waals surface area contributed by atoms with Gasteiger partial charge in [-0.2, -0.15) is 4.98 Å². The van der Waals surface area contributed by atoms with Crippen LogP contribution in [0.2, 0.25) is 0 Å². The van der Waals surface area contributed by atoms with E-state index in [1.807, 2.05) is 66.7 Å². The predicted octanol–water partition coefficient (Wildman–Crippen LogP) is 4.55. The molecule has 7 heteroatoms. The minimum Gasteiger partial charge on any atom is -0.456 e. The molecule has 0 fully saturated rings. The lowest BCUT2D eigenvalue weighted by Crippen LogP contribution is -2.30. The zero-order valence-corrected chi connectivity index (χ0v) is 19.3. The molecule has 0 aliphatic rings. The van der Waals surface area contributed by atoms with Crippen LogP contribution in [0.3, 0.4) is 0 Å². The van der Waals surface area contributed by atoms with E-state index >= 15 is 0 Å². The molecule has 0 aliphatic carbocycles. The van der Waals surface area contributed by atoms with E-state index in [1.165, 1.54) is 11.1 Å². The zero-order valence-electron chi connectivity index (χ0n) is 19.3. The number of benzene rings is 3. The van der Waals surface area contributed by atoms with Crippen LogP contribution >= 0.6 is 0 Å². The average molecular weight is 470 g/mol. The lowest BCUT2D eigenvalue weighted by atomic mass is 9.88. The number of aromatic nitrogens is 2. The fraction of sp³-hybridized carbons (Fsp3) is 0.214. The lowest BCUT2D eigenvalue weighted by Gasteiger charge is -2.18. The topological polar surface area (TPSA) is 94.3 Å². The second-order valence-corrected chi connectivity index (χ2v) is 8.05. The first-order valence-corrected chi connectivity index (χ1v) is 11.6. The van der Waals surface area contributed by atoms with E-state index in [4.69, 9.17) is 9.26 Å². The number of carbonyl (C=O) groups is 2. The Morgan fingerprint density at radius 3 is 2.09 bits per heavy atom. The van der Waals surface area contributed by atoms with E-state index < -0.39 is 5.97 Å². The SMILES string of the molecule is O=C(COC(=O)CCc1nc(-c2ccccc2)no1)NCCC(c1ccccc1)c1ccccc1. The maximum absolute atomic E-state index is 12.2. The second-order valence-electron chi connectivity index (χ2n) is 8.05. The molecule has 0 saturated carbocycles. The summed E-state index contributed by atoms with van der Waals surface area (Å²) in [5.74, 6) is 0.152. The van der Waals surface area contributed by atoms with Crippen molar-refractivity contribution in [1.82, 2.24) is 15.5 Å². The van der Waals surface area contributed by atoms with Crippen molar-refractivity contribution >= 4 is 11.9 Å². The molecule has 1 aromatic heterocycles. The van der Waals surface area contributed by atoms with E-state index in [2.05, 4.69) is 39.7 Å². The summed E-state index contributed by atoms with van der Waals surface area (Å²) < 4.78 is 10.3. The van der Waals surface area contributed by atoms with Crippen LogP contribution in [0.1, 0.15) is 35.8 Å². The third-order valence-electron chi connectivity index (χ3n) is 5.57. The average Bonchev–Trinajstić information content (AvgIpc) is 3.39. The Morgan fingerprint density at radius 1 is 0.857 bits per heavy atom. The lowest BCUT2D eigenvalue weighted by molar-refractivity contribution is -0.148. The van der Waals surface area contributed by atoms with Gasteiger partial charge in [0.25, 0.3) is 5.91 Å². The van der Waals surface area contributed by atoms with Crippen molar-refractivity contribution in [3.05, 3.63) is 108 Å². The van der Waals surface area contributed by atoms with E-state index in [0.717, 1.165) is 12.0 Å². The Bertz CT molecular complexity index is 1170. The van der Waals surface area contributed by atoms with Gasteiger partial charge in [-0.15, -0.1) is 0 Å². The summed E-state index contributed by atoms with van der Waals surface area (Å²) in [6.07, 6.45) is 1.03. The van der Waals surface area contributed by atoms with Crippen molar-refractivity contribution in [1.29, 1.82) is 0 Å². The van der Waals surface area contributed by atoms with Crippen LogP contribution in [0.5, 0.6) is 0 Å². The number of hydrogen-bond acceptors (Lipinski definition) is 6. The van der Waals surface area contributed by atoms with Crippen molar-refractivity contribution < 1.29 is 18.8 Å². The maximum atomic E-state index is 12.2. The fourth-order valence-electron chi connectivity index (χ4n) is 3.79. The van der Waals surface area contributed by atoms with Gasteiger partial charge in [-0.05, 0) is 17.5 Å². The summed E-state index contributed by atoms with van der Waals surface area (Å²) in [6.45, 7) is 0.147. The Morgan fingerprint density at radius 2 is 1.46 bits per heavy atom. The fourth-order valence-corrected chi connectivity index (χ4v) is 3.79. The number of nitrogens with one attached hydrogen (secondary N) is 1. The molecule has 3 aromatic carbocycles. The molecule has 1 amide bonds. The largest absolute Gasteiger partial charge is 0.456 e. The van der Waals surface area contributed by atoms with Crippen LogP contribution in [0.15, 0.2) is 95.5 Å². The monoisotopic (exact) mass is 469 g/mol. The van der Waals surface area contributed by atoms with Gasteiger partial charge in [-0.1, -0.05) is 96.2 Å². The van der Waals surface area contributed by atoms with E-state index in [9.17, 15) is 9.59 Å². The van der Waals surface area contributed by atoms with Gasteiger partial charge in [0, 0.05) is 24.4 Å². The molecule has 0 unspecified atom stereocenters. The summed E-state index contributed by atoms with van der Waals surface area (Å²) in [5.41, 5.74) is 3.22. The molecule has 0 radical (unpaired) electrons. The van der Waals surface area contributed by atoms with Gasteiger partial charge in [-0.3, -0.25) is 9.59 Å². The van der Waals surface area contributed by atoms with E-state index in [1.54, 1.807) is 0 Å². The first kappa shape index (κ1) is 23.9. The second kappa shape index (κ2) is 12.3. The van der Waals surface area contributed by atoms with E-state index in [-0.39, 0.29) is 31.3 Å². The molecule has 4 aromatic rings. The molecular weight excluding hydrogens is 442 g/mol. The molecule has 0 saturated heterocycles. The van der Waals surface area contributed by atoms with Crippen LogP contribution in [0.25, 0.3) is 11.4 Å². The quantitative estimate of drug-likeness (QED) is 0.324. The number of hydrogen-bond donors (Lipinski definition) is 1. The Kier molecular flexibility index (Phi) is 8.37. The Labute approximate surface area is 204 Å². The standard InChI is InChI=1S/C28H27N3O4/c32-25(29-19-18-24(21-10-4-1-5-11-21)22-12-6-2-7-13-22)20-34-27(33)17-16-26-30-28(31-35-26)23-14-8-3-9-15-23/h1-15,24H,16-20H2,(H,29,32). The third-order valence-corrected chi connectivity index (χ3v) is 5.57. The summed E-state index contributed by atoms with van der Waals surface area (Å²) in [5, 5.41) is 6.77. The minimum absolute atomic E-state index is 0.0494. The maximum Gasteiger partial charge on any atom is 0.306 e. The van der Waals surface area contributed by atoms with Gasteiger partial charge in [0.1, 0.15) is 0 Å². The number of amides is 1. The first-order chi connectivity index (χ1) is 17.2. The van der Waals surface area contributed by atoms with Crippen molar-refractivity contribution in [2.45, 2.75) is 25.2 Å². The predicted molar refractivity (Wildman–Crippen MR) is 131 cm³/mol. The third kappa shape index (κ3) is 7.11. The van der Waals surface area contributed by atoms with Crippen molar-refractivity contribution in [3.63, 3.8) is 0 Å². The van der Waals surface area contributed by atoms with Crippen LogP contribution in [-0.2, 0) is 20.7 Å². The van der Waals surface area contributed by atoms with E-state index in [0.29, 0.717) is 18.3 Å². The number of carbonyl (C=O) groups excluding carboxylic acids is 2.